The molecule has 0 saturated heterocycles. The van der Waals surface area contributed by atoms with Crippen molar-refractivity contribution in [2.75, 3.05) is 12.3 Å². The number of carboxylic acid groups (broad SMARTS) is 1. The number of carboxylic acids is 1. The van der Waals surface area contributed by atoms with Crippen LogP contribution in [0.4, 0.5) is 0 Å². The van der Waals surface area contributed by atoms with Crippen molar-refractivity contribution < 1.29 is 29.1 Å². The van der Waals surface area contributed by atoms with Crippen molar-refractivity contribution in [2.24, 2.45) is 11.5 Å². The maximum atomic E-state index is 12.6. The number of aromatic nitrogens is 2. The second kappa shape index (κ2) is 12.4. The van der Waals surface area contributed by atoms with Gasteiger partial charge in [0.2, 0.25) is 23.6 Å². The highest BCUT2D eigenvalue weighted by atomic mass is 32.1. The molecule has 0 bridgehead atoms. The molecule has 0 aliphatic heterocycles. The molecule has 30 heavy (non-hydrogen) atoms. The van der Waals surface area contributed by atoms with Crippen LogP contribution in [-0.2, 0) is 30.4 Å². The molecule has 1 rings (SSSR count). The fourth-order valence-electron chi connectivity index (χ4n) is 2.36. The number of nitrogens with two attached hydrogens (primary N) is 2. The minimum absolute atomic E-state index is 0.0504. The lowest BCUT2D eigenvalue weighted by Gasteiger charge is -2.23. The Morgan fingerprint density at radius 1 is 1.10 bits per heavy atom. The lowest BCUT2D eigenvalue weighted by atomic mass is 10.1. The number of thiol groups is 1. The molecule has 1 aromatic rings. The van der Waals surface area contributed by atoms with Crippen molar-refractivity contribution in [3.8, 4) is 0 Å². The lowest BCUT2D eigenvalue weighted by Crippen LogP contribution is -2.57. The summed E-state index contributed by atoms with van der Waals surface area (Å²) in [6.07, 6.45) is 2.46. The Bertz CT molecular complexity index is 757. The van der Waals surface area contributed by atoms with Gasteiger partial charge in [-0.3, -0.25) is 19.2 Å². The van der Waals surface area contributed by atoms with Gasteiger partial charge < -0.3 is 37.5 Å². The van der Waals surface area contributed by atoms with Crippen molar-refractivity contribution >= 4 is 42.2 Å². The lowest BCUT2D eigenvalue weighted by molar-refractivity contribution is -0.142. The standard InChI is InChI=1S/C16H25N7O6S/c17-4-13(25)21-10(3-8-5-19-7-20-8)14(26)23-11(6-30)15(27)22-9(16(28)29)1-2-12(18)24/h5,7,9-11,30H,1-4,6,17H2,(H2,18,24)(H,19,20)(H,21,25)(H,22,27)(H,23,26)(H,28,29). The molecule has 0 aromatic carbocycles. The number of imidazole rings is 1. The maximum absolute atomic E-state index is 12.6. The number of carbonyl (C=O) groups is 5. The number of hydrogen-bond donors (Lipinski definition) is 8. The summed E-state index contributed by atoms with van der Waals surface area (Å²) in [5.74, 6) is -4.33. The summed E-state index contributed by atoms with van der Waals surface area (Å²) >= 11 is 4.01. The first-order valence-electron chi connectivity index (χ1n) is 8.87. The van der Waals surface area contributed by atoms with Gasteiger partial charge in [0.15, 0.2) is 0 Å². The SMILES string of the molecule is NCC(=O)NC(Cc1cnc[nH]1)C(=O)NC(CS)C(=O)NC(CCC(N)=O)C(=O)O. The summed E-state index contributed by atoms with van der Waals surface area (Å²) in [7, 11) is 0. The number of hydrogen-bond acceptors (Lipinski definition) is 8. The van der Waals surface area contributed by atoms with Crippen LogP contribution >= 0.6 is 12.6 Å². The molecular weight excluding hydrogens is 418 g/mol. The van der Waals surface area contributed by atoms with E-state index in [9.17, 15) is 29.1 Å². The van der Waals surface area contributed by atoms with E-state index >= 15 is 0 Å². The van der Waals surface area contributed by atoms with Gasteiger partial charge in [-0.25, -0.2) is 9.78 Å². The smallest absolute Gasteiger partial charge is 0.326 e. The van der Waals surface area contributed by atoms with Crippen molar-refractivity contribution in [3.63, 3.8) is 0 Å². The number of rotatable bonds is 13. The van der Waals surface area contributed by atoms with Crippen LogP contribution in [0, 0.1) is 0 Å². The first kappa shape index (κ1) is 24.9. The average Bonchev–Trinajstić information content (AvgIpc) is 3.20. The normalized spacial score (nSPS) is 13.5. The molecule has 0 radical (unpaired) electrons. The molecule has 9 N–H and O–H groups in total. The van der Waals surface area contributed by atoms with Gasteiger partial charge >= 0.3 is 5.97 Å². The Balaban J connectivity index is 2.82. The number of nitrogens with one attached hydrogen (secondary N) is 4. The maximum Gasteiger partial charge on any atom is 0.326 e. The first-order valence-corrected chi connectivity index (χ1v) is 9.50. The van der Waals surface area contributed by atoms with Crippen LogP contribution in [0.25, 0.3) is 0 Å². The minimum atomic E-state index is -1.37. The summed E-state index contributed by atoms with van der Waals surface area (Å²) in [6.45, 7) is -0.344. The molecular formula is C16H25N7O6S. The van der Waals surface area contributed by atoms with Crippen molar-refractivity contribution in [3.05, 3.63) is 18.2 Å². The number of H-pyrrole nitrogens is 1. The Morgan fingerprint density at radius 2 is 1.73 bits per heavy atom. The largest absolute Gasteiger partial charge is 0.480 e. The van der Waals surface area contributed by atoms with Gasteiger partial charge in [-0.05, 0) is 6.42 Å². The van der Waals surface area contributed by atoms with E-state index in [1.54, 1.807) is 0 Å². The van der Waals surface area contributed by atoms with Crippen LogP contribution in [0.2, 0.25) is 0 Å². The van der Waals surface area contributed by atoms with E-state index in [2.05, 4.69) is 38.5 Å². The summed E-state index contributed by atoms with van der Waals surface area (Å²) in [5.41, 5.74) is 10.8. The highest BCUT2D eigenvalue weighted by molar-refractivity contribution is 7.80. The molecule has 0 saturated carbocycles. The topological polar surface area (TPSA) is 222 Å². The van der Waals surface area contributed by atoms with Gasteiger partial charge in [0.05, 0.1) is 12.9 Å². The minimum Gasteiger partial charge on any atom is -0.480 e. The van der Waals surface area contributed by atoms with Gasteiger partial charge in [0.1, 0.15) is 18.1 Å². The Kier molecular flexibility index (Phi) is 10.3. The molecule has 13 nitrogen and oxygen atoms in total. The van der Waals surface area contributed by atoms with Gasteiger partial charge in [-0.15, -0.1) is 0 Å². The van der Waals surface area contributed by atoms with Gasteiger partial charge in [-0.1, -0.05) is 0 Å². The van der Waals surface area contributed by atoms with Crippen molar-refractivity contribution in [1.82, 2.24) is 25.9 Å². The number of amides is 4. The molecule has 0 aliphatic rings. The summed E-state index contributed by atoms with van der Waals surface area (Å²) in [5, 5.41) is 16.3. The average molecular weight is 443 g/mol. The quantitative estimate of drug-likeness (QED) is 0.143. The van der Waals surface area contributed by atoms with E-state index < -0.39 is 47.7 Å². The third-order valence-corrected chi connectivity index (χ3v) is 4.29. The molecule has 0 aliphatic carbocycles. The Hall–Kier alpha value is -3.13. The van der Waals surface area contributed by atoms with Crippen molar-refractivity contribution in [1.29, 1.82) is 0 Å². The zero-order chi connectivity index (χ0) is 22.7. The summed E-state index contributed by atoms with van der Waals surface area (Å²) in [4.78, 5) is 65.5. The van der Waals surface area contributed by atoms with Crippen LogP contribution in [0.5, 0.6) is 0 Å². The monoisotopic (exact) mass is 443 g/mol. The van der Waals surface area contributed by atoms with Crippen LogP contribution in [0.15, 0.2) is 12.5 Å². The van der Waals surface area contributed by atoms with E-state index in [4.69, 9.17) is 11.5 Å². The van der Waals surface area contributed by atoms with Gasteiger partial charge in [0, 0.05) is 30.5 Å². The second-order valence-corrected chi connectivity index (χ2v) is 6.62. The molecule has 0 fully saturated rings. The first-order chi connectivity index (χ1) is 14.2. The van der Waals surface area contributed by atoms with E-state index in [0.29, 0.717) is 5.69 Å². The highest BCUT2D eigenvalue weighted by Crippen LogP contribution is 2.02. The predicted octanol–water partition coefficient (Wildman–Crippen LogP) is -3.35. The zero-order valence-electron chi connectivity index (χ0n) is 16.0. The van der Waals surface area contributed by atoms with Crippen LogP contribution in [0.1, 0.15) is 18.5 Å². The van der Waals surface area contributed by atoms with E-state index in [1.807, 2.05) is 0 Å². The van der Waals surface area contributed by atoms with E-state index in [0.717, 1.165) is 0 Å². The number of aromatic amines is 1. The molecule has 1 heterocycles. The molecule has 3 atom stereocenters. The van der Waals surface area contributed by atoms with E-state index in [1.165, 1.54) is 12.5 Å². The van der Waals surface area contributed by atoms with Crippen LogP contribution in [-0.4, -0.2) is 75.1 Å². The third kappa shape index (κ3) is 8.48. The molecule has 3 unspecified atom stereocenters. The van der Waals surface area contributed by atoms with Crippen LogP contribution in [0.3, 0.4) is 0 Å². The highest BCUT2D eigenvalue weighted by Gasteiger charge is 2.29. The fraction of sp³-hybridized carbons (Fsp3) is 0.500. The fourth-order valence-corrected chi connectivity index (χ4v) is 2.62. The summed E-state index contributed by atoms with van der Waals surface area (Å²) < 4.78 is 0. The molecule has 14 heteroatoms. The van der Waals surface area contributed by atoms with E-state index in [-0.39, 0.29) is 31.6 Å². The third-order valence-electron chi connectivity index (χ3n) is 3.93. The Labute approximate surface area is 177 Å². The predicted molar refractivity (Wildman–Crippen MR) is 107 cm³/mol. The summed E-state index contributed by atoms with van der Waals surface area (Å²) in [6, 6.07) is -3.64. The van der Waals surface area contributed by atoms with Gasteiger partial charge in [0.25, 0.3) is 0 Å². The molecule has 1 aromatic heterocycles. The number of aliphatic carboxylic acids is 1. The van der Waals surface area contributed by atoms with Crippen molar-refractivity contribution in [2.45, 2.75) is 37.4 Å². The Morgan fingerprint density at radius 3 is 2.23 bits per heavy atom. The second-order valence-electron chi connectivity index (χ2n) is 6.25. The number of carbonyl (C=O) groups excluding carboxylic acids is 4. The molecule has 0 spiro atoms. The zero-order valence-corrected chi connectivity index (χ0v) is 16.9. The van der Waals surface area contributed by atoms with Gasteiger partial charge in [-0.2, -0.15) is 12.6 Å². The molecule has 166 valence electrons. The number of nitrogens with zero attached hydrogens (tertiary/aromatic N) is 1. The number of primary amides is 1. The van der Waals surface area contributed by atoms with Crippen LogP contribution < -0.4 is 27.4 Å². The molecule has 4 amide bonds.